The molecule has 0 bridgehead atoms. The lowest BCUT2D eigenvalue weighted by Crippen LogP contribution is -2.45. The summed E-state index contributed by atoms with van der Waals surface area (Å²) in [4.78, 5) is 11.4. The van der Waals surface area contributed by atoms with Gasteiger partial charge in [-0.15, -0.1) is 0 Å². The van der Waals surface area contributed by atoms with Gasteiger partial charge < -0.3 is 10.1 Å². The quantitative estimate of drug-likeness (QED) is 0.848. The standard InChI is InChI=1S/C19H25NO2/c1-11-7-13-8-16-15(10-18(3,4)22-19(16,5)6)14(13)9-17(11)20-12(2)21/h7,9-10,16H,8H2,1-6H3,(H,20,21). The molecule has 3 heteroatoms. The van der Waals surface area contributed by atoms with Crippen molar-refractivity contribution in [2.75, 3.05) is 5.32 Å². The van der Waals surface area contributed by atoms with Crippen LogP contribution in [0.4, 0.5) is 5.69 Å². The molecule has 0 radical (unpaired) electrons. The summed E-state index contributed by atoms with van der Waals surface area (Å²) >= 11 is 0. The van der Waals surface area contributed by atoms with E-state index in [9.17, 15) is 4.79 Å². The first-order valence-corrected chi connectivity index (χ1v) is 7.93. The van der Waals surface area contributed by atoms with Crippen molar-refractivity contribution >= 4 is 17.2 Å². The molecule has 1 atom stereocenters. The number of rotatable bonds is 1. The zero-order chi connectivity index (χ0) is 16.3. The number of ether oxygens (including phenoxy) is 1. The van der Waals surface area contributed by atoms with Crippen LogP contribution in [0.2, 0.25) is 0 Å². The first-order valence-electron chi connectivity index (χ1n) is 7.93. The highest BCUT2D eigenvalue weighted by Crippen LogP contribution is 2.50. The van der Waals surface area contributed by atoms with Crippen molar-refractivity contribution in [1.82, 2.24) is 0 Å². The van der Waals surface area contributed by atoms with Gasteiger partial charge in [0, 0.05) is 18.5 Å². The number of fused-ring (bicyclic) bond motifs is 3. The molecule has 1 heterocycles. The van der Waals surface area contributed by atoms with Gasteiger partial charge in [-0.25, -0.2) is 0 Å². The predicted molar refractivity (Wildman–Crippen MR) is 89.9 cm³/mol. The Bertz CT molecular complexity index is 683. The highest BCUT2D eigenvalue weighted by molar-refractivity contribution is 5.91. The van der Waals surface area contributed by atoms with E-state index in [-0.39, 0.29) is 17.1 Å². The number of carbonyl (C=O) groups excluding carboxylic acids is 1. The summed E-state index contributed by atoms with van der Waals surface area (Å²) in [6.45, 7) is 12.2. The van der Waals surface area contributed by atoms with E-state index in [0.717, 1.165) is 17.7 Å². The Morgan fingerprint density at radius 3 is 2.59 bits per heavy atom. The summed E-state index contributed by atoms with van der Waals surface area (Å²) < 4.78 is 6.29. The van der Waals surface area contributed by atoms with Gasteiger partial charge in [0.1, 0.15) is 0 Å². The molecule has 1 amide bonds. The Morgan fingerprint density at radius 1 is 1.27 bits per heavy atom. The van der Waals surface area contributed by atoms with Crippen molar-refractivity contribution in [3.63, 3.8) is 0 Å². The SMILES string of the molecule is CC(=O)Nc1cc2c(cc1C)CC1C2=CC(C)(C)OC1(C)C. The third-order valence-electron chi connectivity index (χ3n) is 4.74. The molecule has 22 heavy (non-hydrogen) atoms. The van der Waals surface area contributed by atoms with E-state index in [2.05, 4.69) is 51.2 Å². The van der Waals surface area contributed by atoms with Gasteiger partial charge in [-0.1, -0.05) is 6.07 Å². The van der Waals surface area contributed by atoms with E-state index in [1.807, 2.05) is 6.92 Å². The van der Waals surface area contributed by atoms with Gasteiger partial charge in [-0.3, -0.25) is 4.79 Å². The number of amides is 1. The lowest BCUT2D eigenvalue weighted by atomic mass is 9.79. The van der Waals surface area contributed by atoms with E-state index < -0.39 is 0 Å². The van der Waals surface area contributed by atoms with Crippen LogP contribution in [0, 0.1) is 12.8 Å². The molecule has 1 N–H and O–H groups in total. The Morgan fingerprint density at radius 2 is 1.95 bits per heavy atom. The van der Waals surface area contributed by atoms with E-state index in [4.69, 9.17) is 4.74 Å². The van der Waals surface area contributed by atoms with E-state index in [0.29, 0.717) is 5.92 Å². The molecule has 118 valence electrons. The summed E-state index contributed by atoms with van der Waals surface area (Å²) in [5, 5.41) is 2.94. The van der Waals surface area contributed by atoms with Gasteiger partial charge in [0.25, 0.3) is 0 Å². The molecular formula is C19H25NO2. The van der Waals surface area contributed by atoms with Crippen molar-refractivity contribution in [2.24, 2.45) is 5.92 Å². The van der Waals surface area contributed by atoms with Crippen LogP contribution in [0.25, 0.3) is 5.57 Å². The first kappa shape index (κ1) is 15.3. The molecule has 1 unspecified atom stereocenters. The lowest BCUT2D eigenvalue weighted by Gasteiger charge is -2.44. The van der Waals surface area contributed by atoms with Gasteiger partial charge in [-0.05, 0) is 75.4 Å². The van der Waals surface area contributed by atoms with Crippen LogP contribution < -0.4 is 5.32 Å². The van der Waals surface area contributed by atoms with Crippen molar-refractivity contribution in [2.45, 2.75) is 59.2 Å². The third kappa shape index (κ3) is 2.48. The topological polar surface area (TPSA) is 38.3 Å². The molecule has 1 aliphatic heterocycles. The molecule has 0 aromatic heterocycles. The van der Waals surface area contributed by atoms with Crippen LogP contribution in [-0.4, -0.2) is 17.1 Å². The summed E-state index contributed by atoms with van der Waals surface area (Å²) in [6, 6.07) is 4.35. The Kier molecular flexibility index (Phi) is 3.26. The summed E-state index contributed by atoms with van der Waals surface area (Å²) in [6.07, 6.45) is 3.26. The minimum absolute atomic E-state index is 0.0285. The second-order valence-corrected chi connectivity index (χ2v) is 7.67. The highest BCUT2D eigenvalue weighted by atomic mass is 16.5. The molecule has 0 fully saturated rings. The number of nitrogens with one attached hydrogen (secondary N) is 1. The second kappa shape index (κ2) is 4.69. The summed E-state index contributed by atoms with van der Waals surface area (Å²) in [7, 11) is 0. The van der Waals surface area contributed by atoms with Crippen molar-refractivity contribution in [1.29, 1.82) is 0 Å². The fourth-order valence-electron chi connectivity index (χ4n) is 4.00. The average Bonchev–Trinajstić information content (AvgIpc) is 2.65. The fraction of sp³-hybridized carbons (Fsp3) is 0.526. The Labute approximate surface area is 132 Å². The normalized spacial score (nSPS) is 24.3. The monoisotopic (exact) mass is 299 g/mol. The Hall–Kier alpha value is -1.61. The van der Waals surface area contributed by atoms with E-state index in [1.54, 1.807) is 6.92 Å². The van der Waals surface area contributed by atoms with E-state index in [1.165, 1.54) is 16.7 Å². The number of hydrogen-bond donors (Lipinski definition) is 1. The number of benzene rings is 1. The number of hydrogen-bond acceptors (Lipinski definition) is 2. The highest BCUT2D eigenvalue weighted by Gasteiger charge is 2.46. The zero-order valence-corrected chi connectivity index (χ0v) is 14.3. The van der Waals surface area contributed by atoms with Crippen LogP contribution in [0.5, 0.6) is 0 Å². The average molecular weight is 299 g/mol. The molecule has 2 aliphatic rings. The predicted octanol–water partition coefficient (Wildman–Crippen LogP) is 4.10. The Balaban J connectivity index is 2.12. The fourth-order valence-corrected chi connectivity index (χ4v) is 4.00. The maximum Gasteiger partial charge on any atom is 0.221 e. The maximum absolute atomic E-state index is 11.4. The van der Waals surface area contributed by atoms with Gasteiger partial charge >= 0.3 is 0 Å². The van der Waals surface area contributed by atoms with Crippen LogP contribution in [0.1, 0.15) is 51.3 Å². The summed E-state index contributed by atoms with van der Waals surface area (Å²) in [5.41, 5.74) is 5.56. The lowest BCUT2D eigenvalue weighted by molar-refractivity contribution is -0.123. The number of aryl methyl sites for hydroxylation is 1. The molecule has 3 nitrogen and oxygen atoms in total. The van der Waals surface area contributed by atoms with Crippen LogP contribution in [-0.2, 0) is 16.0 Å². The van der Waals surface area contributed by atoms with Crippen LogP contribution in [0.15, 0.2) is 18.2 Å². The van der Waals surface area contributed by atoms with Gasteiger partial charge in [0.15, 0.2) is 0 Å². The molecule has 0 spiro atoms. The van der Waals surface area contributed by atoms with Gasteiger partial charge in [-0.2, -0.15) is 0 Å². The maximum atomic E-state index is 11.4. The van der Waals surface area contributed by atoms with Crippen molar-refractivity contribution in [3.05, 3.63) is 34.9 Å². The third-order valence-corrected chi connectivity index (χ3v) is 4.74. The van der Waals surface area contributed by atoms with Gasteiger partial charge in [0.2, 0.25) is 5.91 Å². The summed E-state index contributed by atoms with van der Waals surface area (Å²) in [5.74, 6) is 0.349. The molecule has 0 saturated heterocycles. The molecule has 1 aliphatic carbocycles. The largest absolute Gasteiger partial charge is 0.365 e. The minimum Gasteiger partial charge on any atom is -0.365 e. The van der Waals surface area contributed by atoms with Gasteiger partial charge in [0.05, 0.1) is 11.2 Å². The minimum atomic E-state index is -0.268. The molecule has 0 saturated carbocycles. The van der Waals surface area contributed by atoms with Crippen molar-refractivity contribution < 1.29 is 9.53 Å². The molecule has 1 aromatic rings. The smallest absolute Gasteiger partial charge is 0.221 e. The van der Waals surface area contributed by atoms with Crippen molar-refractivity contribution in [3.8, 4) is 0 Å². The van der Waals surface area contributed by atoms with Crippen LogP contribution in [0.3, 0.4) is 0 Å². The van der Waals surface area contributed by atoms with Crippen LogP contribution >= 0.6 is 0 Å². The zero-order valence-electron chi connectivity index (χ0n) is 14.3. The molecule has 3 rings (SSSR count). The number of carbonyl (C=O) groups is 1. The second-order valence-electron chi connectivity index (χ2n) is 7.67. The number of anilines is 1. The first-order chi connectivity index (χ1) is 10.1. The van der Waals surface area contributed by atoms with E-state index >= 15 is 0 Å². The molecular weight excluding hydrogens is 274 g/mol. The molecule has 1 aromatic carbocycles.